The molecule has 5 rings (SSSR count). The summed E-state index contributed by atoms with van der Waals surface area (Å²) in [7, 11) is 0. The van der Waals surface area contributed by atoms with Crippen LogP contribution in [0.3, 0.4) is 0 Å². The first kappa shape index (κ1) is 21.6. The zero-order valence-corrected chi connectivity index (χ0v) is 18.2. The van der Waals surface area contributed by atoms with Crippen molar-refractivity contribution in [3.63, 3.8) is 0 Å². The van der Waals surface area contributed by atoms with Gasteiger partial charge in [-0.15, -0.1) is 0 Å². The van der Waals surface area contributed by atoms with Gasteiger partial charge < -0.3 is 24.4 Å². The highest BCUT2D eigenvalue weighted by molar-refractivity contribution is 6.03. The van der Waals surface area contributed by atoms with E-state index in [4.69, 9.17) is 14.6 Å². The molecule has 1 saturated heterocycles. The lowest BCUT2D eigenvalue weighted by atomic mass is 10.1. The van der Waals surface area contributed by atoms with Crippen molar-refractivity contribution in [3.8, 4) is 11.6 Å². The summed E-state index contributed by atoms with van der Waals surface area (Å²) in [6, 6.07) is 6.27. The Balaban J connectivity index is 1.23. The van der Waals surface area contributed by atoms with Gasteiger partial charge in [0.25, 0.3) is 11.8 Å². The number of halogens is 1. The molecule has 0 radical (unpaired) electrons. The topological polar surface area (TPSA) is 92.2 Å². The van der Waals surface area contributed by atoms with Crippen LogP contribution in [0.2, 0.25) is 0 Å². The summed E-state index contributed by atoms with van der Waals surface area (Å²) < 4.78 is 26.2. The highest BCUT2D eigenvalue weighted by Crippen LogP contribution is 2.33. The number of aromatic nitrogens is 1. The largest absolute Gasteiger partial charge is 0.479 e. The molecule has 0 bridgehead atoms. The van der Waals surface area contributed by atoms with Crippen LogP contribution in [0.4, 0.5) is 10.1 Å². The number of β-amino-alcohol motifs (C(OH)–C–C–N with tert-alkyl or cyclic N) is 1. The molecule has 3 aliphatic rings. The summed E-state index contributed by atoms with van der Waals surface area (Å²) in [5, 5.41) is 9.11. The van der Waals surface area contributed by atoms with Crippen LogP contribution >= 0.6 is 0 Å². The van der Waals surface area contributed by atoms with E-state index in [1.807, 2.05) is 0 Å². The number of fused-ring (bicyclic) bond motifs is 1. The van der Waals surface area contributed by atoms with Gasteiger partial charge in [-0.1, -0.05) is 12.8 Å². The van der Waals surface area contributed by atoms with Gasteiger partial charge in [0.05, 0.1) is 19.4 Å². The Kier molecular flexibility index (Phi) is 5.88. The van der Waals surface area contributed by atoms with Crippen molar-refractivity contribution in [1.29, 1.82) is 0 Å². The van der Waals surface area contributed by atoms with E-state index in [0.29, 0.717) is 42.5 Å². The molecule has 1 saturated carbocycles. The van der Waals surface area contributed by atoms with Crippen molar-refractivity contribution in [2.24, 2.45) is 5.92 Å². The predicted molar refractivity (Wildman–Crippen MR) is 117 cm³/mol. The molecule has 0 spiro atoms. The van der Waals surface area contributed by atoms with Crippen molar-refractivity contribution >= 4 is 17.5 Å². The van der Waals surface area contributed by atoms with Gasteiger partial charge in [0.1, 0.15) is 11.6 Å². The molecule has 2 aromatic rings. The van der Waals surface area contributed by atoms with E-state index in [1.165, 1.54) is 34.9 Å². The fraction of sp³-hybridized carbons (Fsp3) is 0.458. The van der Waals surface area contributed by atoms with E-state index in [9.17, 15) is 14.0 Å². The highest BCUT2D eigenvalue weighted by atomic mass is 19.1. The number of aliphatic hydroxyl groups is 1. The number of hydrogen-bond acceptors (Lipinski definition) is 6. The maximum absolute atomic E-state index is 14.7. The Morgan fingerprint density at radius 3 is 2.76 bits per heavy atom. The van der Waals surface area contributed by atoms with Gasteiger partial charge in [0, 0.05) is 48.9 Å². The first-order chi connectivity index (χ1) is 16.0. The summed E-state index contributed by atoms with van der Waals surface area (Å²) in [4.78, 5) is 32.6. The van der Waals surface area contributed by atoms with Crippen molar-refractivity contribution in [2.45, 2.75) is 38.3 Å². The molecule has 9 heteroatoms. The Labute approximate surface area is 190 Å². The summed E-state index contributed by atoms with van der Waals surface area (Å²) in [5.74, 6) is 0.604. The maximum atomic E-state index is 14.7. The number of rotatable bonds is 9. The normalized spacial score (nSPS) is 19.9. The fourth-order valence-corrected chi connectivity index (χ4v) is 4.31. The molecule has 2 amide bonds. The van der Waals surface area contributed by atoms with Gasteiger partial charge in [-0.25, -0.2) is 9.37 Å². The molecule has 3 heterocycles. The fourth-order valence-electron chi connectivity index (χ4n) is 4.31. The number of amides is 2. The van der Waals surface area contributed by atoms with Crippen LogP contribution in [0.25, 0.3) is 0 Å². The van der Waals surface area contributed by atoms with Gasteiger partial charge in [-0.2, -0.15) is 0 Å². The first-order valence-corrected chi connectivity index (χ1v) is 11.3. The van der Waals surface area contributed by atoms with Crippen LogP contribution in [0.15, 0.2) is 30.5 Å². The average Bonchev–Trinajstić information content (AvgIpc) is 3.49. The molecule has 2 aliphatic heterocycles. The summed E-state index contributed by atoms with van der Waals surface area (Å²) in [5.41, 5.74) is 0.860. The molecule has 8 nitrogen and oxygen atoms in total. The minimum Gasteiger partial charge on any atom is -0.479 e. The van der Waals surface area contributed by atoms with Crippen molar-refractivity contribution in [2.75, 3.05) is 31.2 Å². The molecular weight excluding hydrogens is 429 g/mol. The smallest absolute Gasteiger partial charge is 0.268 e. The molecule has 2 fully saturated rings. The maximum Gasteiger partial charge on any atom is 0.268 e. The number of benzene rings is 1. The summed E-state index contributed by atoms with van der Waals surface area (Å²) in [6.45, 7) is 1.06. The zero-order valence-electron chi connectivity index (χ0n) is 18.2. The monoisotopic (exact) mass is 455 g/mol. The SMILES string of the molecule is O=C1c2cc(N3CCC(Oc4ccc(OCCC5CC5)nc4)C3=O)cc(F)c2CN1CCO. The quantitative estimate of drug-likeness (QED) is 0.625. The van der Waals surface area contributed by atoms with Gasteiger partial charge in [-0.3, -0.25) is 9.59 Å². The third kappa shape index (κ3) is 4.50. The molecule has 1 N–H and O–H groups in total. The minimum atomic E-state index is -0.716. The first-order valence-electron chi connectivity index (χ1n) is 11.3. The number of pyridine rings is 1. The number of carbonyl (C=O) groups is 2. The second-order valence-corrected chi connectivity index (χ2v) is 8.70. The van der Waals surface area contributed by atoms with E-state index < -0.39 is 11.9 Å². The second-order valence-electron chi connectivity index (χ2n) is 8.70. The van der Waals surface area contributed by atoms with E-state index in [0.717, 1.165) is 12.3 Å². The number of ether oxygens (including phenoxy) is 2. The van der Waals surface area contributed by atoms with Crippen LogP contribution in [0, 0.1) is 11.7 Å². The van der Waals surface area contributed by atoms with Crippen molar-refractivity contribution < 1.29 is 28.6 Å². The second kappa shape index (κ2) is 8.97. The molecule has 1 aliphatic carbocycles. The van der Waals surface area contributed by atoms with E-state index in [1.54, 1.807) is 18.2 Å². The number of anilines is 1. The predicted octanol–water partition coefficient (Wildman–Crippen LogP) is 2.53. The summed E-state index contributed by atoms with van der Waals surface area (Å²) >= 11 is 0. The lowest BCUT2D eigenvalue weighted by Gasteiger charge is -2.18. The average molecular weight is 455 g/mol. The summed E-state index contributed by atoms with van der Waals surface area (Å²) in [6.07, 6.45) is 4.86. The number of nitrogens with zero attached hydrogens (tertiary/aromatic N) is 3. The van der Waals surface area contributed by atoms with Gasteiger partial charge >= 0.3 is 0 Å². The Morgan fingerprint density at radius 2 is 2.03 bits per heavy atom. The molecule has 1 aromatic carbocycles. The molecule has 1 atom stereocenters. The third-order valence-electron chi connectivity index (χ3n) is 6.35. The molecule has 33 heavy (non-hydrogen) atoms. The number of carbonyl (C=O) groups excluding carboxylic acids is 2. The molecule has 174 valence electrons. The lowest BCUT2D eigenvalue weighted by molar-refractivity contribution is -0.122. The molecular formula is C24H26FN3O5. The number of aliphatic hydroxyl groups excluding tert-OH is 1. The van der Waals surface area contributed by atoms with Gasteiger partial charge in [0.15, 0.2) is 6.10 Å². The van der Waals surface area contributed by atoms with Crippen LogP contribution in [-0.2, 0) is 11.3 Å². The molecule has 1 aromatic heterocycles. The lowest BCUT2D eigenvalue weighted by Crippen LogP contribution is -2.32. The minimum absolute atomic E-state index is 0.119. The zero-order chi connectivity index (χ0) is 22.9. The Bertz CT molecular complexity index is 1060. The number of hydrogen-bond donors (Lipinski definition) is 1. The van der Waals surface area contributed by atoms with Crippen molar-refractivity contribution in [1.82, 2.24) is 9.88 Å². The standard InChI is InChI=1S/C24H26FN3O5/c25-20-12-16(11-18-19(20)14-27(8-9-29)23(18)30)28-7-5-21(24(28)31)33-17-3-4-22(26-13-17)32-10-6-15-1-2-15/h3-4,11-13,15,21,29H,1-2,5-10,14H2. The highest BCUT2D eigenvalue weighted by Gasteiger charge is 2.37. The van der Waals surface area contributed by atoms with Gasteiger partial charge in [-0.05, 0) is 30.5 Å². The van der Waals surface area contributed by atoms with Crippen molar-refractivity contribution in [3.05, 3.63) is 47.4 Å². The van der Waals surface area contributed by atoms with Crippen LogP contribution in [0.5, 0.6) is 11.6 Å². The van der Waals surface area contributed by atoms with Gasteiger partial charge in [0.2, 0.25) is 5.88 Å². The van der Waals surface area contributed by atoms with Crippen LogP contribution < -0.4 is 14.4 Å². The van der Waals surface area contributed by atoms with Crippen LogP contribution in [0.1, 0.15) is 41.6 Å². The van der Waals surface area contributed by atoms with Crippen LogP contribution in [-0.4, -0.2) is 59.2 Å². The Morgan fingerprint density at radius 1 is 1.18 bits per heavy atom. The van der Waals surface area contributed by atoms with E-state index in [2.05, 4.69) is 4.98 Å². The molecule has 1 unspecified atom stereocenters. The third-order valence-corrected chi connectivity index (χ3v) is 6.35. The Hall–Kier alpha value is -3.20. The van der Waals surface area contributed by atoms with E-state index in [-0.39, 0.29) is 37.1 Å². The van der Waals surface area contributed by atoms with E-state index >= 15 is 0 Å².